The van der Waals surface area contributed by atoms with Gasteiger partial charge < -0.3 is 10.1 Å². The molecule has 0 aliphatic carbocycles. The summed E-state index contributed by atoms with van der Waals surface area (Å²) in [5.74, 6) is -1.27. The molecule has 3 rings (SSSR count). The molecule has 0 atom stereocenters. The van der Waals surface area contributed by atoms with Crippen LogP contribution in [0.5, 0.6) is 0 Å². The number of hydrogen-bond donors (Lipinski definition) is 2. The minimum atomic E-state index is -0.771. The first-order valence-electron chi connectivity index (χ1n) is 7.75. The fourth-order valence-corrected chi connectivity index (χ4v) is 2.36. The lowest BCUT2D eigenvalue weighted by Gasteiger charge is -2.08. The zero-order valence-electron chi connectivity index (χ0n) is 13.6. The van der Waals surface area contributed by atoms with Gasteiger partial charge >= 0.3 is 11.7 Å². The van der Waals surface area contributed by atoms with Crippen LogP contribution in [0.15, 0.2) is 64.3 Å². The van der Waals surface area contributed by atoms with Crippen molar-refractivity contribution in [1.82, 2.24) is 9.55 Å². The Hall–Kier alpha value is -3.68. The molecule has 8 heteroatoms. The van der Waals surface area contributed by atoms with Crippen molar-refractivity contribution in [3.05, 3.63) is 75.6 Å². The lowest BCUT2D eigenvalue weighted by molar-refractivity contribution is -0.148. The maximum Gasteiger partial charge on any atom is 0.328 e. The van der Waals surface area contributed by atoms with E-state index in [1.807, 2.05) is 41.4 Å². The van der Waals surface area contributed by atoms with Crippen molar-refractivity contribution in [2.75, 3.05) is 11.9 Å². The second-order valence-electron chi connectivity index (χ2n) is 5.51. The van der Waals surface area contributed by atoms with Crippen molar-refractivity contribution >= 4 is 28.3 Å². The van der Waals surface area contributed by atoms with E-state index in [1.54, 1.807) is 6.07 Å². The Morgan fingerprint density at radius 1 is 1.04 bits per heavy atom. The number of nitrogens with one attached hydrogen (secondary N) is 2. The highest BCUT2D eigenvalue weighted by Crippen LogP contribution is 2.18. The molecule has 3 aromatic rings. The van der Waals surface area contributed by atoms with Gasteiger partial charge in [-0.05, 0) is 22.9 Å². The topological polar surface area (TPSA) is 110 Å². The Kier molecular flexibility index (Phi) is 4.93. The lowest BCUT2D eigenvalue weighted by Crippen LogP contribution is -2.32. The summed E-state index contributed by atoms with van der Waals surface area (Å²) in [7, 11) is 0. The van der Waals surface area contributed by atoms with Gasteiger partial charge in [-0.1, -0.05) is 30.3 Å². The molecule has 0 fully saturated rings. The van der Waals surface area contributed by atoms with Crippen LogP contribution >= 0.6 is 0 Å². The fourth-order valence-electron chi connectivity index (χ4n) is 2.36. The number of hydrogen-bond acceptors (Lipinski definition) is 5. The van der Waals surface area contributed by atoms with Crippen LogP contribution in [0.25, 0.3) is 10.8 Å². The first-order valence-corrected chi connectivity index (χ1v) is 7.75. The van der Waals surface area contributed by atoms with E-state index >= 15 is 0 Å². The first kappa shape index (κ1) is 17.2. The molecular weight excluding hydrogens is 338 g/mol. The van der Waals surface area contributed by atoms with E-state index in [0.717, 1.165) is 21.4 Å². The number of esters is 1. The van der Waals surface area contributed by atoms with E-state index in [1.165, 1.54) is 6.20 Å². The number of aromatic amines is 1. The number of ether oxygens (including phenoxy) is 1. The number of nitrogens with zero attached hydrogens (tertiary/aromatic N) is 1. The van der Waals surface area contributed by atoms with Crippen LogP contribution in [0, 0.1) is 0 Å². The zero-order chi connectivity index (χ0) is 18.5. The molecule has 26 heavy (non-hydrogen) atoms. The smallest absolute Gasteiger partial charge is 0.328 e. The third-order valence-corrected chi connectivity index (χ3v) is 3.59. The molecule has 1 amide bonds. The van der Waals surface area contributed by atoms with Gasteiger partial charge in [0.15, 0.2) is 6.61 Å². The van der Waals surface area contributed by atoms with Gasteiger partial charge in [0.25, 0.3) is 11.5 Å². The Morgan fingerprint density at radius 2 is 1.81 bits per heavy atom. The number of carbonyl (C=O) groups excluding carboxylic acids is 2. The zero-order valence-corrected chi connectivity index (χ0v) is 13.6. The second-order valence-corrected chi connectivity index (χ2v) is 5.51. The quantitative estimate of drug-likeness (QED) is 0.662. The highest BCUT2D eigenvalue weighted by atomic mass is 16.5. The number of H-pyrrole nitrogens is 1. The Balaban J connectivity index is 1.55. The highest BCUT2D eigenvalue weighted by Gasteiger charge is 2.10. The number of aromatic nitrogens is 2. The van der Waals surface area contributed by atoms with Crippen molar-refractivity contribution in [2.45, 2.75) is 6.54 Å². The van der Waals surface area contributed by atoms with Crippen LogP contribution in [-0.4, -0.2) is 28.0 Å². The largest absolute Gasteiger partial charge is 0.454 e. The molecule has 0 spiro atoms. The maximum atomic E-state index is 11.9. The van der Waals surface area contributed by atoms with Crippen molar-refractivity contribution in [1.29, 1.82) is 0 Å². The van der Waals surface area contributed by atoms with E-state index in [-0.39, 0.29) is 0 Å². The van der Waals surface area contributed by atoms with Crippen LogP contribution in [0.3, 0.4) is 0 Å². The molecule has 2 aromatic carbocycles. The van der Waals surface area contributed by atoms with Crippen LogP contribution in [0.2, 0.25) is 0 Å². The third-order valence-electron chi connectivity index (χ3n) is 3.59. The maximum absolute atomic E-state index is 11.9. The van der Waals surface area contributed by atoms with E-state index in [0.29, 0.717) is 5.69 Å². The van der Waals surface area contributed by atoms with E-state index in [9.17, 15) is 19.2 Å². The molecule has 1 aromatic heterocycles. The van der Waals surface area contributed by atoms with Gasteiger partial charge in [0.1, 0.15) is 6.54 Å². The number of fused-ring (bicyclic) bond motifs is 1. The van der Waals surface area contributed by atoms with Gasteiger partial charge in [-0.25, -0.2) is 4.79 Å². The van der Waals surface area contributed by atoms with Crippen molar-refractivity contribution in [3.8, 4) is 0 Å². The molecule has 8 nitrogen and oxygen atoms in total. The summed E-state index contributed by atoms with van der Waals surface area (Å²) in [5.41, 5.74) is -0.703. The van der Waals surface area contributed by atoms with Crippen LogP contribution < -0.4 is 16.6 Å². The fraction of sp³-hybridized carbons (Fsp3) is 0.111. The predicted molar refractivity (Wildman–Crippen MR) is 94.9 cm³/mol. The molecule has 0 aliphatic heterocycles. The van der Waals surface area contributed by atoms with Crippen molar-refractivity contribution in [3.63, 3.8) is 0 Å². The van der Waals surface area contributed by atoms with Crippen molar-refractivity contribution in [2.24, 2.45) is 0 Å². The first-order chi connectivity index (χ1) is 12.5. The van der Waals surface area contributed by atoms with E-state index in [4.69, 9.17) is 4.74 Å². The van der Waals surface area contributed by atoms with E-state index < -0.39 is 36.3 Å². The average Bonchev–Trinajstić information content (AvgIpc) is 2.62. The van der Waals surface area contributed by atoms with Gasteiger partial charge in [0, 0.05) is 18.0 Å². The molecular formula is C18H15N3O5. The SMILES string of the molecule is O=C(COC(=O)Cn1ccc(=O)[nH]c1=O)Nc1ccc2ccccc2c1. The summed E-state index contributed by atoms with van der Waals surface area (Å²) < 4.78 is 5.83. The highest BCUT2D eigenvalue weighted by molar-refractivity contribution is 5.95. The molecule has 1 heterocycles. The van der Waals surface area contributed by atoms with Gasteiger partial charge in [-0.15, -0.1) is 0 Å². The number of benzene rings is 2. The Bertz CT molecular complexity index is 1080. The summed E-state index contributed by atoms with van der Waals surface area (Å²) in [6, 6.07) is 14.3. The number of carbonyl (C=O) groups is 2. The predicted octanol–water partition coefficient (Wildman–Crippen LogP) is 0.872. The van der Waals surface area contributed by atoms with Crippen molar-refractivity contribution < 1.29 is 14.3 Å². The number of anilines is 1. The Labute approximate surface area is 147 Å². The summed E-state index contributed by atoms with van der Waals surface area (Å²) >= 11 is 0. The molecule has 0 aliphatic rings. The Morgan fingerprint density at radius 3 is 2.58 bits per heavy atom. The van der Waals surface area contributed by atoms with E-state index in [2.05, 4.69) is 5.32 Å². The third kappa shape index (κ3) is 4.23. The summed E-state index contributed by atoms with van der Waals surface area (Å²) in [6.07, 6.45) is 1.18. The molecule has 0 saturated carbocycles. The van der Waals surface area contributed by atoms with Crippen LogP contribution in [0.4, 0.5) is 5.69 Å². The monoisotopic (exact) mass is 353 g/mol. The minimum Gasteiger partial charge on any atom is -0.454 e. The van der Waals surface area contributed by atoms with Crippen LogP contribution in [0.1, 0.15) is 0 Å². The van der Waals surface area contributed by atoms with Gasteiger partial charge in [0.05, 0.1) is 0 Å². The molecule has 0 bridgehead atoms. The number of rotatable bonds is 5. The van der Waals surface area contributed by atoms with Gasteiger partial charge in [0.2, 0.25) is 0 Å². The van der Waals surface area contributed by atoms with Crippen LogP contribution in [-0.2, 0) is 20.9 Å². The average molecular weight is 353 g/mol. The standard InChI is InChI=1S/C18H15N3O5/c22-15-7-8-21(18(25)20-15)10-17(24)26-11-16(23)19-14-6-5-12-3-1-2-4-13(12)9-14/h1-9H,10-11H2,(H,19,23)(H,20,22,25). The molecule has 0 radical (unpaired) electrons. The summed E-state index contributed by atoms with van der Waals surface area (Å²) in [6.45, 7) is -0.886. The normalized spacial score (nSPS) is 10.5. The molecule has 0 unspecified atom stereocenters. The summed E-state index contributed by atoms with van der Waals surface area (Å²) in [4.78, 5) is 48.1. The lowest BCUT2D eigenvalue weighted by atomic mass is 10.1. The number of amides is 1. The van der Waals surface area contributed by atoms with Gasteiger partial charge in [-0.2, -0.15) is 0 Å². The molecule has 2 N–H and O–H groups in total. The van der Waals surface area contributed by atoms with Gasteiger partial charge in [-0.3, -0.25) is 23.9 Å². The molecule has 132 valence electrons. The summed E-state index contributed by atoms with van der Waals surface area (Å²) in [5, 5.41) is 4.66. The molecule has 0 saturated heterocycles. The second kappa shape index (κ2) is 7.47. The minimum absolute atomic E-state index is 0.404.